The average Bonchev–Trinajstić information content (AvgIpc) is 2.37. The quantitative estimate of drug-likeness (QED) is 0.827. The molecule has 1 aromatic rings. The Hall–Kier alpha value is -1.35. The lowest BCUT2D eigenvalue weighted by molar-refractivity contribution is -0.121. The number of aryl methyl sites for hydroxylation is 2. The largest absolute Gasteiger partial charge is 0.355 e. The lowest BCUT2D eigenvalue weighted by Gasteiger charge is -2.26. The number of nitrogens with two attached hydrogens (primary N) is 1. The van der Waals surface area contributed by atoms with Crippen LogP contribution in [0.1, 0.15) is 43.4 Å². The van der Waals surface area contributed by atoms with Gasteiger partial charge in [0.25, 0.3) is 0 Å². The van der Waals surface area contributed by atoms with Crippen molar-refractivity contribution in [2.45, 2.75) is 46.0 Å². The van der Waals surface area contributed by atoms with Gasteiger partial charge in [0.15, 0.2) is 0 Å². The summed E-state index contributed by atoms with van der Waals surface area (Å²) >= 11 is 0. The molecule has 0 heterocycles. The Bertz CT molecular complexity index is 438. The van der Waals surface area contributed by atoms with E-state index in [1.54, 1.807) is 0 Å². The summed E-state index contributed by atoms with van der Waals surface area (Å²) < 4.78 is 0. The van der Waals surface area contributed by atoms with Gasteiger partial charge in [-0.2, -0.15) is 0 Å². The van der Waals surface area contributed by atoms with Gasteiger partial charge in [-0.05, 0) is 43.5 Å². The second kappa shape index (κ2) is 6.71. The number of carbonyl (C=O) groups is 1. The van der Waals surface area contributed by atoms with Gasteiger partial charge in [0.05, 0.1) is 0 Å². The van der Waals surface area contributed by atoms with Crippen molar-refractivity contribution < 1.29 is 4.79 Å². The lowest BCUT2D eigenvalue weighted by Crippen LogP contribution is -2.36. The number of amides is 1. The van der Waals surface area contributed by atoms with E-state index in [0.717, 1.165) is 6.42 Å². The summed E-state index contributed by atoms with van der Waals surface area (Å²) in [6.07, 6.45) is 1.26. The summed E-state index contributed by atoms with van der Waals surface area (Å²) in [4.78, 5) is 11.6. The number of hydrogen-bond donors (Lipinski definition) is 2. The zero-order chi connectivity index (χ0) is 14.5. The molecule has 0 unspecified atom stereocenters. The van der Waals surface area contributed by atoms with Crippen molar-refractivity contribution in [3.05, 3.63) is 34.9 Å². The molecule has 0 aliphatic rings. The van der Waals surface area contributed by atoms with Gasteiger partial charge in [0, 0.05) is 18.4 Å². The van der Waals surface area contributed by atoms with Gasteiger partial charge >= 0.3 is 0 Å². The molecule has 0 aliphatic carbocycles. The van der Waals surface area contributed by atoms with Gasteiger partial charge in [0.1, 0.15) is 0 Å². The van der Waals surface area contributed by atoms with Gasteiger partial charge in [-0.15, -0.1) is 0 Å². The SMILES string of the molecule is Cc1ccc(C(C)(C)CNC(=O)CCCN)cc1C. The number of nitrogens with one attached hydrogen (secondary N) is 1. The summed E-state index contributed by atoms with van der Waals surface area (Å²) in [5, 5.41) is 3.00. The van der Waals surface area contributed by atoms with E-state index in [0.29, 0.717) is 19.5 Å². The molecule has 0 saturated heterocycles. The molecule has 3 nitrogen and oxygen atoms in total. The predicted octanol–water partition coefficient (Wildman–Crippen LogP) is 2.44. The van der Waals surface area contributed by atoms with E-state index >= 15 is 0 Å². The highest BCUT2D eigenvalue weighted by Gasteiger charge is 2.21. The van der Waals surface area contributed by atoms with Crippen LogP contribution in [0.3, 0.4) is 0 Å². The first-order chi connectivity index (χ1) is 8.86. The van der Waals surface area contributed by atoms with Gasteiger partial charge in [0.2, 0.25) is 5.91 Å². The van der Waals surface area contributed by atoms with E-state index in [-0.39, 0.29) is 11.3 Å². The number of hydrogen-bond acceptors (Lipinski definition) is 2. The van der Waals surface area contributed by atoms with Gasteiger partial charge < -0.3 is 11.1 Å². The number of rotatable bonds is 6. The van der Waals surface area contributed by atoms with Crippen LogP contribution in [0.15, 0.2) is 18.2 Å². The van der Waals surface area contributed by atoms with Crippen molar-refractivity contribution in [3.8, 4) is 0 Å². The maximum absolute atomic E-state index is 11.6. The molecule has 1 aromatic carbocycles. The number of carbonyl (C=O) groups excluding carboxylic acids is 1. The van der Waals surface area contributed by atoms with E-state index in [1.165, 1.54) is 16.7 Å². The molecule has 0 fully saturated rings. The highest BCUT2D eigenvalue weighted by atomic mass is 16.1. The molecule has 0 bridgehead atoms. The van der Waals surface area contributed by atoms with Crippen LogP contribution in [0.4, 0.5) is 0 Å². The fourth-order valence-electron chi connectivity index (χ4n) is 1.94. The molecule has 3 N–H and O–H groups in total. The van der Waals surface area contributed by atoms with Crippen LogP contribution in [0.5, 0.6) is 0 Å². The highest BCUT2D eigenvalue weighted by molar-refractivity contribution is 5.76. The maximum atomic E-state index is 11.6. The Morgan fingerprint density at radius 2 is 1.95 bits per heavy atom. The zero-order valence-corrected chi connectivity index (χ0v) is 12.5. The van der Waals surface area contributed by atoms with Crippen LogP contribution in [0.2, 0.25) is 0 Å². The zero-order valence-electron chi connectivity index (χ0n) is 12.5. The first-order valence-electron chi connectivity index (χ1n) is 6.91. The number of benzene rings is 1. The van der Waals surface area contributed by atoms with Crippen molar-refractivity contribution in [2.75, 3.05) is 13.1 Å². The molecule has 0 aromatic heterocycles. The third-order valence-electron chi connectivity index (χ3n) is 3.62. The van der Waals surface area contributed by atoms with Crippen LogP contribution in [0.25, 0.3) is 0 Å². The van der Waals surface area contributed by atoms with Crippen LogP contribution >= 0.6 is 0 Å². The van der Waals surface area contributed by atoms with E-state index in [4.69, 9.17) is 5.73 Å². The second-order valence-corrected chi connectivity index (χ2v) is 5.85. The predicted molar refractivity (Wildman–Crippen MR) is 80.2 cm³/mol. The fraction of sp³-hybridized carbons (Fsp3) is 0.562. The first-order valence-corrected chi connectivity index (χ1v) is 6.91. The van der Waals surface area contributed by atoms with E-state index in [1.807, 2.05) is 0 Å². The molecule has 0 saturated carbocycles. The molecule has 1 rings (SSSR count). The minimum atomic E-state index is -0.0587. The van der Waals surface area contributed by atoms with Gasteiger partial charge in [-0.3, -0.25) is 4.79 Å². The summed E-state index contributed by atoms with van der Waals surface area (Å²) in [5.74, 6) is 0.0855. The van der Waals surface area contributed by atoms with Crippen LogP contribution in [-0.4, -0.2) is 19.0 Å². The summed E-state index contributed by atoms with van der Waals surface area (Å²) in [6, 6.07) is 6.50. The van der Waals surface area contributed by atoms with E-state index in [2.05, 4.69) is 51.2 Å². The van der Waals surface area contributed by atoms with Crippen molar-refractivity contribution in [2.24, 2.45) is 5.73 Å². The topological polar surface area (TPSA) is 55.1 Å². The fourth-order valence-corrected chi connectivity index (χ4v) is 1.94. The van der Waals surface area contributed by atoms with Crippen molar-refractivity contribution in [3.63, 3.8) is 0 Å². The standard InChI is InChI=1S/C16H26N2O/c1-12-7-8-14(10-13(12)2)16(3,4)11-18-15(19)6-5-9-17/h7-8,10H,5-6,9,11,17H2,1-4H3,(H,18,19). The molecule has 3 heteroatoms. The smallest absolute Gasteiger partial charge is 0.220 e. The lowest BCUT2D eigenvalue weighted by atomic mass is 9.83. The summed E-state index contributed by atoms with van der Waals surface area (Å²) in [6.45, 7) is 9.75. The Labute approximate surface area is 116 Å². The highest BCUT2D eigenvalue weighted by Crippen LogP contribution is 2.24. The van der Waals surface area contributed by atoms with E-state index < -0.39 is 0 Å². The van der Waals surface area contributed by atoms with E-state index in [9.17, 15) is 4.79 Å². The second-order valence-electron chi connectivity index (χ2n) is 5.85. The molecule has 19 heavy (non-hydrogen) atoms. The van der Waals surface area contributed by atoms with Crippen LogP contribution in [0, 0.1) is 13.8 Å². The molecule has 0 spiro atoms. The molecule has 0 aliphatic heterocycles. The van der Waals surface area contributed by atoms with Crippen molar-refractivity contribution >= 4 is 5.91 Å². The molecular weight excluding hydrogens is 236 g/mol. The van der Waals surface area contributed by atoms with Crippen molar-refractivity contribution in [1.82, 2.24) is 5.32 Å². The molecule has 1 amide bonds. The van der Waals surface area contributed by atoms with Crippen LogP contribution < -0.4 is 11.1 Å². The summed E-state index contributed by atoms with van der Waals surface area (Å²) in [7, 11) is 0. The molecular formula is C16H26N2O. The van der Waals surface area contributed by atoms with Crippen LogP contribution in [-0.2, 0) is 10.2 Å². The van der Waals surface area contributed by atoms with Gasteiger partial charge in [-0.1, -0.05) is 32.0 Å². The molecule has 0 atom stereocenters. The molecule has 106 valence electrons. The maximum Gasteiger partial charge on any atom is 0.220 e. The Balaban J connectivity index is 2.64. The monoisotopic (exact) mass is 262 g/mol. The third-order valence-corrected chi connectivity index (χ3v) is 3.62. The normalized spacial score (nSPS) is 11.4. The Kier molecular flexibility index (Phi) is 5.55. The molecule has 0 radical (unpaired) electrons. The summed E-state index contributed by atoms with van der Waals surface area (Å²) in [5.41, 5.74) is 9.19. The Morgan fingerprint density at radius 3 is 2.53 bits per heavy atom. The first kappa shape index (κ1) is 15.7. The minimum Gasteiger partial charge on any atom is -0.355 e. The Morgan fingerprint density at radius 1 is 1.26 bits per heavy atom. The third kappa shape index (κ3) is 4.67. The minimum absolute atomic E-state index is 0.0587. The van der Waals surface area contributed by atoms with Crippen molar-refractivity contribution in [1.29, 1.82) is 0 Å². The average molecular weight is 262 g/mol. The van der Waals surface area contributed by atoms with Gasteiger partial charge in [-0.25, -0.2) is 0 Å².